The minimum Gasteiger partial charge on any atom is -0.274 e. The average Bonchev–Trinajstić information content (AvgIpc) is 3.48. The van der Waals surface area contributed by atoms with Crippen molar-refractivity contribution in [3.63, 3.8) is 0 Å². The highest BCUT2D eigenvalue weighted by atomic mass is 31.1. The van der Waals surface area contributed by atoms with Crippen molar-refractivity contribution in [1.82, 2.24) is 4.67 Å². The predicted molar refractivity (Wildman–Crippen MR) is 172 cm³/mol. The first-order chi connectivity index (χ1) is 19.2. The molecule has 191 valence electrons. The maximum absolute atomic E-state index is 2.60. The van der Waals surface area contributed by atoms with Gasteiger partial charge < -0.3 is 0 Å². The summed E-state index contributed by atoms with van der Waals surface area (Å²) in [6.45, 7) is 2.38. The molecule has 0 N–H and O–H groups in total. The van der Waals surface area contributed by atoms with Crippen LogP contribution in [0.15, 0.2) is 133 Å². The summed E-state index contributed by atoms with van der Waals surface area (Å²) in [4.78, 5) is 0. The van der Waals surface area contributed by atoms with Crippen LogP contribution in [-0.4, -0.2) is 17.8 Å². The molecule has 1 saturated carbocycles. The van der Waals surface area contributed by atoms with Gasteiger partial charge in [-0.25, -0.2) is 0 Å². The largest absolute Gasteiger partial charge is 0.274 e. The van der Waals surface area contributed by atoms with Crippen molar-refractivity contribution in [1.29, 1.82) is 0 Å². The minimum atomic E-state index is -0.734. The van der Waals surface area contributed by atoms with Gasteiger partial charge in [-0.3, -0.25) is 4.67 Å². The van der Waals surface area contributed by atoms with Crippen LogP contribution in [0.3, 0.4) is 0 Å². The number of fused-ring (bicyclic) bond motifs is 1. The first-order valence-corrected chi connectivity index (χ1v) is 16.1. The Morgan fingerprint density at radius 2 is 1.10 bits per heavy atom. The van der Waals surface area contributed by atoms with Crippen LogP contribution in [0.25, 0.3) is 10.8 Å². The Labute approximate surface area is 236 Å². The summed E-state index contributed by atoms with van der Waals surface area (Å²) in [5.41, 5.74) is 1.45. The molecule has 0 aliphatic heterocycles. The normalized spacial score (nSPS) is 16.2. The molecule has 0 aromatic heterocycles. The van der Waals surface area contributed by atoms with Crippen molar-refractivity contribution in [2.45, 2.75) is 13.0 Å². The second kappa shape index (κ2) is 12.1. The Hall–Kier alpha value is -2.82. The molecule has 5 radical (unpaired) electrons. The van der Waals surface area contributed by atoms with E-state index in [1.54, 1.807) is 0 Å². The van der Waals surface area contributed by atoms with Gasteiger partial charge in [0.2, 0.25) is 0 Å². The van der Waals surface area contributed by atoms with Crippen molar-refractivity contribution in [3.8, 4) is 0 Å². The van der Waals surface area contributed by atoms with Crippen molar-refractivity contribution in [2.75, 3.05) is 7.05 Å². The predicted octanol–water partition coefficient (Wildman–Crippen LogP) is 7.37. The number of benzene rings is 5. The third-order valence-corrected chi connectivity index (χ3v) is 12.5. The SMILES string of the molecule is C[C@@H]([C]1[CH][CH][CH][C]1[P@](c1ccccc1)c1cccc2ccccc12)N(C)P(c1ccccc1)c1ccccc1. The van der Waals surface area contributed by atoms with Gasteiger partial charge in [0.15, 0.2) is 0 Å². The summed E-state index contributed by atoms with van der Waals surface area (Å²) in [5, 5.41) is 8.21. The van der Waals surface area contributed by atoms with Crippen molar-refractivity contribution >= 4 is 48.0 Å². The van der Waals surface area contributed by atoms with Crippen LogP contribution < -0.4 is 21.2 Å². The summed E-state index contributed by atoms with van der Waals surface area (Å²) in [6.07, 6.45) is 6.97. The summed E-state index contributed by atoms with van der Waals surface area (Å²) < 4.78 is 2.60. The van der Waals surface area contributed by atoms with Crippen LogP contribution in [0.4, 0.5) is 0 Å². The lowest BCUT2D eigenvalue weighted by Crippen LogP contribution is -2.37. The second-order valence-electron chi connectivity index (χ2n) is 9.77. The molecule has 39 heavy (non-hydrogen) atoms. The highest BCUT2D eigenvalue weighted by Crippen LogP contribution is 2.59. The molecule has 0 bridgehead atoms. The fourth-order valence-electron chi connectivity index (χ4n) is 5.40. The lowest BCUT2D eigenvalue weighted by atomic mass is 9.99. The van der Waals surface area contributed by atoms with E-state index in [0.717, 1.165) is 0 Å². The van der Waals surface area contributed by atoms with Crippen molar-refractivity contribution < 1.29 is 0 Å². The molecular weight excluding hydrogens is 508 g/mol. The maximum atomic E-state index is 2.60. The van der Waals surface area contributed by atoms with E-state index in [4.69, 9.17) is 0 Å². The molecule has 6 rings (SSSR count). The number of rotatable bonds is 8. The monoisotopic (exact) mass is 540 g/mol. The van der Waals surface area contributed by atoms with E-state index < -0.39 is 16.0 Å². The first kappa shape index (κ1) is 26.4. The van der Waals surface area contributed by atoms with Gasteiger partial charge in [0, 0.05) is 25.7 Å². The van der Waals surface area contributed by atoms with Gasteiger partial charge in [-0.1, -0.05) is 133 Å². The van der Waals surface area contributed by atoms with Crippen molar-refractivity contribution in [3.05, 3.63) is 164 Å². The zero-order valence-corrected chi connectivity index (χ0v) is 24.1. The lowest BCUT2D eigenvalue weighted by molar-refractivity contribution is 0.454. The molecule has 1 aliphatic carbocycles. The average molecular weight is 541 g/mol. The minimum absolute atomic E-state index is 0.241. The maximum Gasteiger partial charge on any atom is 0.0281 e. The van der Waals surface area contributed by atoms with E-state index in [1.807, 2.05) is 0 Å². The molecule has 0 amide bonds. The smallest absolute Gasteiger partial charge is 0.0281 e. The molecule has 1 nitrogen and oxygen atoms in total. The summed E-state index contributed by atoms with van der Waals surface area (Å²) in [7, 11) is 0.883. The van der Waals surface area contributed by atoms with Crippen LogP contribution in [0, 0.1) is 30.8 Å². The van der Waals surface area contributed by atoms with E-state index in [1.165, 1.54) is 43.6 Å². The molecule has 3 heteroatoms. The highest BCUT2D eigenvalue weighted by molar-refractivity contribution is 7.76. The number of hydrogen-bond acceptors (Lipinski definition) is 1. The topological polar surface area (TPSA) is 3.24 Å². The van der Waals surface area contributed by atoms with Crippen LogP contribution >= 0.6 is 16.0 Å². The van der Waals surface area contributed by atoms with E-state index >= 15 is 0 Å². The van der Waals surface area contributed by atoms with Crippen LogP contribution in [0.1, 0.15) is 6.92 Å². The van der Waals surface area contributed by atoms with E-state index in [2.05, 4.69) is 171 Å². The molecule has 0 unspecified atom stereocenters. The number of nitrogens with zero attached hydrogens (tertiary/aromatic N) is 1. The lowest BCUT2D eigenvalue weighted by Gasteiger charge is -2.40. The van der Waals surface area contributed by atoms with Gasteiger partial charge in [-0.05, 0) is 73.1 Å². The zero-order chi connectivity index (χ0) is 26.6. The van der Waals surface area contributed by atoms with Gasteiger partial charge in [-0.15, -0.1) is 0 Å². The quantitative estimate of drug-likeness (QED) is 0.186. The Morgan fingerprint density at radius 3 is 1.74 bits per heavy atom. The van der Waals surface area contributed by atoms with Gasteiger partial charge in [0.25, 0.3) is 0 Å². The van der Waals surface area contributed by atoms with Crippen LogP contribution in [0.5, 0.6) is 0 Å². The summed E-state index contributed by atoms with van der Waals surface area (Å²) >= 11 is 0. The number of hydrogen-bond donors (Lipinski definition) is 0. The van der Waals surface area contributed by atoms with Gasteiger partial charge in [0.05, 0.1) is 0 Å². The van der Waals surface area contributed by atoms with E-state index in [-0.39, 0.29) is 6.04 Å². The molecule has 5 aromatic rings. The molecule has 0 spiro atoms. The Kier molecular flexibility index (Phi) is 8.22. The van der Waals surface area contributed by atoms with E-state index in [9.17, 15) is 0 Å². The second-order valence-corrected chi connectivity index (χ2v) is 14.2. The Morgan fingerprint density at radius 1 is 0.564 bits per heavy atom. The molecule has 0 saturated heterocycles. The van der Waals surface area contributed by atoms with Gasteiger partial charge >= 0.3 is 0 Å². The first-order valence-electron chi connectivity index (χ1n) is 13.4. The summed E-state index contributed by atoms with van der Waals surface area (Å²) in [6, 6.07) is 48.9. The van der Waals surface area contributed by atoms with Crippen LogP contribution in [0.2, 0.25) is 0 Å². The molecule has 2 atom stereocenters. The highest BCUT2D eigenvalue weighted by Gasteiger charge is 2.42. The standard InChI is InChI=1S/C36H32NP2/c1-28(37(2)39(31-20-8-4-9-21-31)32-22-10-5-11-23-32)33-25-15-27-35(33)38(30-18-6-3-7-19-30)36-26-14-17-29-16-12-13-24-34(29)36/h3-28H,1-2H3/t28-,38-/m0/s1. The summed E-state index contributed by atoms with van der Waals surface area (Å²) in [5.74, 6) is 1.42. The third-order valence-electron chi connectivity index (χ3n) is 7.42. The van der Waals surface area contributed by atoms with Gasteiger partial charge in [0.1, 0.15) is 0 Å². The van der Waals surface area contributed by atoms with Gasteiger partial charge in [-0.2, -0.15) is 0 Å². The zero-order valence-electron chi connectivity index (χ0n) is 22.4. The Balaban J connectivity index is 1.40. The van der Waals surface area contributed by atoms with Crippen LogP contribution in [-0.2, 0) is 0 Å². The molecular formula is C36H32NP2. The molecule has 0 heterocycles. The Bertz CT molecular complexity index is 1440. The molecule has 5 aromatic carbocycles. The fourth-order valence-corrected chi connectivity index (χ4v) is 10.5. The molecule has 1 fully saturated rings. The van der Waals surface area contributed by atoms with E-state index in [0.29, 0.717) is 0 Å². The molecule has 1 aliphatic rings. The van der Waals surface area contributed by atoms with Crippen molar-refractivity contribution in [2.24, 2.45) is 0 Å². The fraction of sp³-hybridized carbons (Fsp3) is 0.0833. The third kappa shape index (κ3) is 5.47.